The van der Waals surface area contributed by atoms with E-state index < -0.39 is 15.6 Å². The van der Waals surface area contributed by atoms with E-state index in [0.717, 1.165) is 25.5 Å². The van der Waals surface area contributed by atoms with Gasteiger partial charge in [-0.15, -0.1) is 0 Å². The van der Waals surface area contributed by atoms with Crippen molar-refractivity contribution in [3.8, 4) is 0 Å². The zero-order chi connectivity index (χ0) is 14.8. The van der Waals surface area contributed by atoms with Gasteiger partial charge in [0, 0.05) is 32.4 Å². The molecule has 2 fully saturated rings. The Labute approximate surface area is 120 Å². The number of piperidine rings is 1. The third-order valence-electron chi connectivity index (χ3n) is 3.99. The fraction of sp³-hybridized carbons (Fsp3) is 0.923. The average molecular weight is 305 g/mol. The minimum atomic E-state index is -3.26. The van der Waals surface area contributed by atoms with Crippen LogP contribution in [-0.2, 0) is 24.1 Å². The highest BCUT2D eigenvalue weighted by atomic mass is 32.2. The normalized spacial score (nSPS) is 26.1. The third kappa shape index (κ3) is 3.93. The zero-order valence-corrected chi connectivity index (χ0v) is 12.9. The SMILES string of the molecule is CCO[C@@H]1COC2(CCN(C(=O)CS(C)(=O)=O)CC2)C1. The molecule has 0 aliphatic carbocycles. The van der Waals surface area contributed by atoms with Gasteiger partial charge in [0.2, 0.25) is 5.91 Å². The first-order chi connectivity index (χ1) is 9.34. The van der Waals surface area contributed by atoms with Gasteiger partial charge in [0.25, 0.3) is 0 Å². The zero-order valence-electron chi connectivity index (χ0n) is 12.1. The molecule has 1 amide bonds. The van der Waals surface area contributed by atoms with Gasteiger partial charge in [-0.25, -0.2) is 8.42 Å². The minimum absolute atomic E-state index is 0.151. The molecule has 2 aliphatic heterocycles. The van der Waals surface area contributed by atoms with Gasteiger partial charge in [-0.05, 0) is 19.8 Å². The van der Waals surface area contributed by atoms with Crippen LogP contribution in [0, 0.1) is 0 Å². The molecule has 2 saturated heterocycles. The van der Waals surface area contributed by atoms with E-state index in [1.165, 1.54) is 0 Å². The predicted molar refractivity (Wildman–Crippen MR) is 74.2 cm³/mol. The van der Waals surface area contributed by atoms with E-state index in [9.17, 15) is 13.2 Å². The maximum Gasteiger partial charge on any atom is 0.237 e. The van der Waals surface area contributed by atoms with Gasteiger partial charge in [0.05, 0.1) is 18.3 Å². The van der Waals surface area contributed by atoms with E-state index in [1.54, 1.807) is 4.90 Å². The number of ether oxygens (including phenoxy) is 2. The molecule has 1 spiro atoms. The molecule has 6 nitrogen and oxygen atoms in total. The number of rotatable bonds is 4. The van der Waals surface area contributed by atoms with Gasteiger partial charge in [0.15, 0.2) is 9.84 Å². The Bertz CT molecular complexity index is 453. The summed E-state index contributed by atoms with van der Waals surface area (Å²) < 4.78 is 33.8. The second-order valence-electron chi connectivity index (χ2n) is 5.73. The Morgan fingerprint density at radius 2 is 2.05 bits per heavy atom. The first kappa shape index (κ1) is 15.7. The van der Waals surface area contributed by atoms with E-state index in [-0.39, 0.29) is 17.6 Å². The van der Waals surface area contributed by atoms with E-state index in [2.05, 4.69) is 0 Å². The van der Waals surface area contributed by atoms with Gasteiger partial charge < -0.3 is 14.4 Å². The van der Waals surface area contributed by atoms with Gasteiger partial charge in [-0.3, -0.25) is 4.79 Å². The number of carbonyl (C=O) groups is 1. The fourth-order valence-corrected chi connectivity index (χ4v) is 3.60. The molecule has 20 heavy (non-hydrogen) atoms. The fourth-order valence-electron chi connectivity index (χ4n) is 2.97. The molecule has 0 saturated carbocycles. The lowest BCUT2D eigenvalue weighted by atomic mass is 9.88. The largest absolute Gasteiger partial charge is 0.376 e. The lowest BCUT2D eigenvalue weighted by Crippen LogP contribution is -2.48. The number of amides is 1. The Morgan fingerprint density at radius 1 is 1.40 bits per heavy atom. The molecule has 1 atom stereocenters. The molecule has 0 aromatic carbocycles. The molecule has 2 rings (SSSR count). The summed E-state index contributed by atoms with van der Waals surface area (Å²) in [5.41, 5.74) is -0.179. The lowest BCUT2D eigenvalue weighted by Gasteiger charge is -2.38. The minimum Gasteiger partial charge on any atom is -0.376 e. The number of nitrogens with zero attached hydrogens (tertiary/aromatic N) is 1. The molecule has 2 aliphatic rings. The maximum atomic E-state index is 11.9. The molecule has 0 N–H and O–H groups in total. The number of sulfone groups is 1. The van der Waals surface area contributed by atoms with Crippen molar-refractivity contribution >= 4 is 15.7 Å². The Balaban J connectivity index is 1.85. The average Bonchev–Trinajstić information content (AvgIpc) is 2.71. The van der Waals surface area contributed by atoms with Gasteiger partial charge in [-0.2, -0.15) is 0 Å². The summed E-state index contributed by atoms with van der Waals surface area (Å²) >= 11 is 0. The van der Waals surface area contributed by atoms with Crippen molar-refractivity contribution in [1.29, 1.82) is 0 Å². The van der Waals surface area contributed by atoms with Crippen LogP contribution in [0.1, 0.15) is 26.2 Å². The summed E-state index contributed by atoms with van der Waals surface area (Å²) in [7, 11) is -3.26. The monoisotopic (exact) mass is 305 g/mol. The van der Waals surface area contributed by atoms with Crippen molar-refractivity contribution in [2.75, 3.05) is 38.3 Å². The molecule has 0 unspecified atom stereocenters. The second-order valence-corrected chi connectivity index (χ2v) is 7.87. The van der Waals surface area contributed by atoms with Gasteiger partial charge in [0.1, 0.15) is 5.75 Å². The molecule has 0 radical (unpaired) electrons. The Kier molecular flexibility index (Phi) is 4.71. The summed E-state index contributed by atoms with van der Waals surface area (Å²) in [5, 5.41) is 0. The highest BCUT2D eigenvalue weighted by molar-refractivity contribution is 7.91. The smallest absolute Gasteiger partial charge is 0.237 e. The van der Waals surface area contributed by atoms with Gasteiger partial charge >= 0.3 is 0 Å². The predicted octanol–water partition coefficient (Wildman–Crippen LogP) is 0.218. The molecule has 116 valence electrons. The molecule has 0 bridgehead atoms. The van der Waals surface area contributed by atoms with Crippen LogP contribution in [0.2, 0.25) is 0 Å². The first-order valence-electron chi connectivity index (χ1n) is 7.05. The summed E-state index contributed by atoms with van der Waals surface area (Å²) in [6.45, 7) is 4.39. The standard InChI is InChI=1S/C13H23NO5S/c1-3-18-11-8-13(19-9-11)4-6-14(7-5-13)12(15)10-20(2,16)17/h11H,3-10H2,1-2H3/t11-/m0/s1. The number of hydrogen-bond acceptors (Lipinski definition) is 5. The van der Waals surface area contributed by atoms with E-state index in [0.29, 0.717) is 26.3 Å². The van der Waals surface area contributed by atoms with Crippen LogP contribution < -0.4 is 0 Å². The van der Waals surface area contributed by atoms with Crippen LogP contribution in [0.5, 0.6) is 0 Å². The van der Waals surface area contributed by atoms with E-state index in [4.69, 9.17) is 9.47 Å². The molecule has 7 heteroatoms. The highest BCUT2D eigenvalue weighted by Crippen LogP contribution is 2.36. The summed E-state index contributed by atoms with van der Waals surface area (Å²) in [5.74, 6) is -0.704. The third-order valence-corrected chi connectivity index (χ3v) is 4.76. The molecular formula is C13H23NO5S. The van der Waals surface area contributed by atoms with Crippen LogP contribution in [0.25, 0.3) is 0 Å². The van der Waals surface area contributed by atoms with Crippen molar-refractivity contribution in [2.45, 2.75) is 37.9 Å². The van der Waals surface area contributed by atoms with E-state index in [1.807, 2.05) is 6.92 Å². The maximum absolute atomic E-state index is 11.9. The van der Waals surface area contributed by atoms with Crippen LogP contribution in [0.3, 0.4) is 0 Å². The second kappa shape index (κ2) is 5.99. The van der Waals surface area contributed by atoms with Crippen molar-refractivity contribution in [3.05, 3.63) is 0 Å². The quantitative estimate of drug-likeness (QED) is 0.743. The van der Waals surface area contributed by atoms with Crippen LogP contribution in [0.4, 0.5) is 0 Å². The van der Waals surface area contributed by atoms with Gasteiger partial charge in [-0.1, -0.05) is 0 Å². The van der Waals surface area contributed by atoms with Crippen LogP contribution in [0.15, 0.2) is 0 Å². The lowest BCUT2D eigenvalue weighted by molar-refractivity contribution is -0.133. The Morgan fingerprint density at radius 3 is 2.60 bits per heavy atom. The summed E-state index contributed by atoms with van der Waals surface area (Å²) in [6.07, 6.45) is 3.62. The number of hydrogen-bond donors (Lipinski definition) is 0. The summed E-state index contributed by atoms with van der Waals surface area (Å²) in [4.78, 5) is 13.5. The number of carbonyl (C=O) groups excluding carboxylic acids is 1. The Hall–Kier alpha value is -0.660. The molecule has 0 aromatic heterocycles. The van der Waals surface area contributed by atoms with Crippen molar-refractivity contribution in [3.63, 3.8) is 0 Å². The summed E-state index contributed by atoms with van der Waals surface area (Å²) in [6, 6.07) is 0. The molecule has 0 aromatic rings. The van der Waals surface area contributed by atoms with Crippen molar-refractivity contribution in [1.82, 2.24) is 4.90 Å². The van der Waals surface area contributed by atoms with Crippen molar-refractivity contribution < 1.29 is 22.7 Å². The molecule has 2 heterocycles. The highest BCUT2D eigenvalue weighted by Gasteiger charge is 2.43. The van der Waals surface area contributed by atoms with Crippen LogP contribution in [-0.4, -0.2) is 69.2 Å². The number of likely N-dealkylation sites (tertiary alicyclic amines) is 1. The molecular weight excluding hydrogens is 282 g/mol. The van der Waals surface area contributed by atoms with E-state index >= 15 is 0 Å². The first-order valence-corrected chi connectivity index (χ1v) is 9.11. The topological polar surface area (TPSA) is 72.9 Å². The van der Waals surface area contributed by atoms with Crippen LogP contribution >= 0.6 is 0 Å². The van der Waals surface area contributed by atoms with Crippen molar-refractivity contribution in [2.24, 2.45) is 0 Å².